The normalized spacial score (nSPS) is 13.0. The third-order valence-electron chi connectivity index (χ3n) is 2.30. The van der Waals surface area contributed by atoms with E-state index in [0.717, 1.165) is 24.5 Å². The Bertz CT molecular complexity index is 275. The van der Waals surface area contributed by atoms with Crippen LogP contribution in [0.4, 0.5) is 0 Å². The van der Waals surface area contributed by atoms with E-state index in [0.29, 0.717) is 11.8 Å². The maximum Gasteiger partial charge on any atom is 0.129 e. The van der Waals surface area contributed by atoms with E-state index in [1.54, 1.807) is 0 Å². The smallest absolute Gasteiger partial charge is 0.129 e. The number of aliphatic hydroxyl groups is 1. The zero-order valence-electron chi connectivity index (χ0n) is 9.32. The fourth-order valence-corrected chi connectivity index (χ4v) is 2.13. The Morgan fingerprint density at radius 3 is 2.73 bits per heavy atom. The van der Waals surface area contributed by atoms with Crippen LogP contribution in [0.3, 0.4) is 0 Å². The van der Waals surface area contributed by atoms with Gasteiger partial charge in [0.25, 0.3) is 0 Å². The van der Waals surface area contributed by atoms with Crippen LogP contribution in [-0.2, 0) is 13.2 Å². The molecule has 0 aliphatic rings. The minimum atomic E-state index is -0.0258. The fraction of sp³-hybridized carbons (Fsp3) is 0.636. The second-order valence-electron chi connectivity index (χ2n) is 3.47. The van der Waals surface area contributed by atoms with Crippen LogP contribution in [0, 0.1) is 0 Å². The quantitative estimate of drug-likeness (QED) is 0.750. The van der Waals surface area contributed by atoms with Gasteiger partial charge in [-0.3, -0.25) is 0 Å². The monoisotopic (exact) mass is 229 g/mol. The van der Waals surface area contributed by atoms with Crippen LogP contribution in [-0.4, -0.2) is 23.2 Å². The predicted octanol–water partition coefficient (Wildman–Crippen LogP) is 2.00. The molecule has 0 bridgehead atoms. The Morgan fingerprint density at radius 2 is 2.20 bits per heavy atom. The third-order valence-corrected chi connectivity index (χ3v) is 3.03. The number of nitrogens with one attached hydrogen (secondary N) is 1. The number of aliphatic hydroxyl groups excluding tert-OH is 1. The molecule has 1 unspecified atom stereocenters. The van der Waals surface area contributed by atoms with Crippen LogP contribution in [0.15, 0.2) is 16.5 Å². The zero-order chi connectivity index (χ0) is 11.1. The molecule has 0 radical (unpaired) electrons. The molecule has 86 valence electrons. The first-order valence-corrected chi connectivity index (χ1v) is 6.60. The summed E-state index contributed by atoms with van der Waals surface area (Å²) in [6, 6.07) is 4.25. The van der Waals surface area contributed by atoms with Crippen molar-refractivity contribution in [2.24, 2.45) is 0 Å². The summed E-state index contributed by atoms with van der Waals surface area (Å²) in [7, 11) is 0. The Labute approximate surface area is 95.2 Å². The predicted molar refractivity (Wildman–Crippen MR) is 63.9 cm³/mol. The van der Waals surface area contributed by atoms with E-state index in [-0.39, 0.29) is 6.61 Å². The molecule has 0 aliphatic heterocycles. The lowest BCUT2D eigenvalue weighted by atomic mass is 10.2. The van der Waals surface area contributed by atoms with E-state index in [4.69, 9.17) is 9.52 Å². The number of hydrogen-bond acceptors (Lipinski definition) is 4. The van der Waals surface area contributed by atoms with Gasteiger partial charge in [-0.2, -0.15) is 11.8 Å². The average molecular weight is 229 g/mol. The number of furan rings is 1. The van der Waals surface area contributed by atoms with Gasteiger partial charge in [-0.05, 0) is 24.8 Å². The number of rotatable bonds is 7. The van der Waals surface area contributed by atoms with Gasteiger partial charge >= 0.3 is 0 Å². The summed E-state index contributed by atoms with van der Waals surface area (Å²) in [5.74, 6) is 2.63. The molecular formula is C11H19NO2S. The summed E-state index contributed by atoms with van der Waals surface area (Å²) in [6.45, 7) is 2.89. The van der Waals surface area contributed by atoms with E-state index >= 15 is 0 Å². The van der Waals surface area contributed by atoms with Crippen molar-refractivity contribution < 1.29 is 9.52 Å². The second kappa shape index (κ2) is 6.93. The van der Waals surface area contributed by atoms with Crippen molar-refractivity contribution in [3.8, 4) is 0 Å². The van der Waals surface area contributed by atoms with Gasteiger partial charge in [-0.15, -0.1) is 0 Å². The molecule has 0 amide bonds. The molecule has 0 saturated heterocycles. The summed E-state index contributed by atoms with van der Waals surface area (Å²) < 4.78 is 5.39. The summed E-state index contributed by atoms with van der Waals surface area (Å²) in [6.07, 6.45) is 3.23. The van der Waals surface area contributed by atoms with Crippen molar-refractivity contribution >= 4 is 11.8 Å². The lowest BCUT2D eigenvalue weighted by Gasteiger charge is -2.14. The number of hydrogen-bond donors (Lipinski definition) is 2. The van der Waals surface area contributed by atoms with Crippen LogP contribution < -0.4 is 5.32 Å². The molecule has 2 N–H and O–H groups in total. The van der Waals surface area contributed by atoms with Crippen LogP contribution in [0.2, 0.25) is 0 Å². The summed E-state index contributed by atoms with van der Waals surface area (Å²) in [5, 5.41) is 12.3. The first-order valence-electron chi connectivity index (χ1n) is 5.21. The number of thioether (sulfide) groups is 1. The molecule has 0 saturated carbocycles. The van der Waals surface area contributed by atoms with Gasteiger partial charge in [-0.1, -0.05) is 6.92 Å². The van der Waals surface area contributed by atoms with Gasteiger partial charge in [0.05, 0.1) is 6.54 Å². The third kappa shape index (κ3) is 4.28. The highest BCUT2D eigenvalue weighted by molar-refractivity contribution is 7.98. The molecule has 3 nitrogen and oxygen atoms in total. The van der Waals surface area contributed by atoms with Crippen LogP contribution in [0.1, 0.15) is 24.9 Å². The highest BCUT2D eigenvalue weighted by atomic mass is 32.2. The Kier molecular flexibility index (Phi) is 5.83. The molecule has 1 aromatic rings. The molecular weight excluding hydrogens is 210 g/mol. The van der Waals surface area contributed by atoms with E-state index in [1.807, 2.05) is 23.9 Å². The molecule has 0 aromatic carbocycles. The zero-order valence-corrected chi connectivity index (χ0v) is 10.1. The van der Waals surface area contributed by atoms with Gasteiger partial charge in [0, 0.05) is 11.8 Å². The van der Waals surface area contributed by atoms with Crippen LogP contribution in [0.5, 0.6) is 0 Å². The molecule has 15 heavy (non-hydrogen) atoms. The molecule has 0 aliphatic carbocycles. The molecule has 1 atom stereocenters. The Hall–Kier alpha value is -0.450. The molecule has 1 heterocycles. The van der Waals surface area contributed by atoms with Gasteiger partial charge in [0.1, 0.15) is 18.1 Å². The highest BCUT2D eigenvalue weighted by Gasteiger charge is 2.06. The van der Waals surface area contributed by atoms with Gasteiger partial charge < -0.3 is 14.8 Å². The van der Waals surface area contributed by atoms with Crippen molar-refractivity contribution in [2.75, 3.05) is 12.0 Å². The summed E-state index contributed by atoms with van der Waals surface area (Å²) in [5.41, 5.74) is 0. The van der Waals surface area contributed by atoms with E-state index in [9.17, 15) is 0 Å². The Morgan fingerprint density at radius 1 is 1.47 bits per heavy atom. The average Bonchev–Trinajstić information content (AvgIpc) is 2.72. The van der Waals surface area contributed by atoms with E-state index in [2.05, 4.69) is 18.5 Å². The van der Waals surface area contributed by atoms with E-state index < -0.39 is 0 Å². The van der Waals surface area contributed by atoms with Crippen LogP contribution >= 0.6 is 11.8 Å². The standard InChI is InChI=1S/C11H19NO2S/c1-3-9(8-15-2)12-6-10-4-5-11(7-13)14-10/h4-5,9,12-13H,3,6-8H2,1-2H3. The lowest BCUT2D eigenvalue weighted by molar-refractivity contribution is 0.242. The minimum absolute atomic E-state index is 0.0258. The molecule has 1 aromatic heterocycles. The van der Waals surface area contributed by atoms with Crippen molar-refractivity contribution in [2.45, 2.75) is 32.5 Å². The van der Waals surface area contributed by atoms with Crippen molar-refractivity contribution in [1.82, 2.24) is 5.32 Å². The van der Waals surface area contributed by atoms with Crippen molar-refractivity contribution in [1.29, 1.82) is 0 Å². The minimum Gasteiger partial charge on any atom is -0.462 e. The molecule has 4 heteroatoms. The molecule has 0 spiro atoms. The van der Waals surface area contributed by atoms with E-state index in [1.165, 1.54) is 0 Å². The molecule has 1 rings (SSSR count). The summed E-state index contributed by atoms with van der Waals surface area (Å²) >= 11 is 1.85. The summed E-state index contributed by atoms with van der Waals surface area (Å²) in [4.78, 5) is 0. The van der Waals surface area contributed by atoms with Gasteiger partial charge in [0.15, 0.2) is 0 Å². The topological polar surface area (TPSA) is 45.4 Å². The van der Waals surface area contributed by atoms with Crippen LogP contribution in [0.25, 0.3) is 0 Å². The Balaban J connectivity index is 2.34. The first-order chi connectivity index (χ1) is 7.30. The maximum absolute atomic E-state index is 8.84. The molecule has 0 fully saturated rings. The first kappa shape index (κ1) is 12.6. The largest absolute Gasteiger partial charge is 0.462 e. The van der Waals surface area contributed by atoms with Gasteiger partial charge in [-0.25, -0.2) is 0 Å². The fourth-order valence-electron chi connectivity index (χ4n) is 1.37. The lowest BCUT2D eigenvalue weighted by Crippen LogP contribution is -2.29. The van der Waals surface area contributed by atoms with Crippen molar-refractivity contribution in [3.63, 3.8) is 0 Å². The maximum atomic E-state index is 8.84. The second-order valence-corrected chi connectivity index (χ2v) is 4.38. The SMILES string of the molecule is CCC(CSC)NCc1ccc(CO)o1. The van der Waals surface area contributed by atoms with Crippen molar-refractivity contribution in [3.05, 3.63) is 23.7 Å². The van der Waals surface area contributed by atoms with Gasteiger partial charge in [0.2, 0.25) is 0 Å². The highest BCUT2D eigenvalue weighted by Crippen LogP contribution is 2.08.